The highest BCUT2D eigenvalue weighted by molar-refractivity contribution is 8.01. The molecule has 2 atom stereocenters. The Morgan fingerprint density at radius 2 is 2.29 bits per heavy atom. The van der Waals surface area contributed by atoms with Gasteiger partial charge in [-0.15, -0.1) is 28.6 Å². The molecular formula is C13H18N4O3S3Si. The Morgan fingerprint density at radius 3 is 2.92 bits per heavy atom. The summed E-state index contributed by atoms with van der Waals surface area (Å²) in [6.07, 6.45) is 1.69. The first kappa shape index (κ1) is 17.9. The van der Waals surface area contributed by atoms with Crippen LogP contribution in [0.15, 0.2) is 21.7 Å². The van der Waals surface area contributed by atoms with Gasteiger partial charge in [0.15, 0.2) is 0 Å². The van der Waals surface area contributed by atoms with Gasteiger partial charge in [-0.25, -0.2) is 4.79 Å². The molecule has 0 spiro atoms. The zero-order valence-corrected chi connectivity index (χ0v) is 17.0. The van der Waals surface area contributed by atoms with Crippen molar-refractivity contribution in [3.8, 4) is 0 Å². The maximum Gasteiger partial charge on any atom is 0.341 e. The third-order valence-electron chi connectivity index (χ3n) is 3.41. The molecule has 3 rings (SSSR count). The molecule has 1 aromatic heterocycles. The summed E-state index contributed by atoms with van der Waals surface area (Å²) >= 11 is 4.46. The lowest BCUT2D eigenvalue weighted by atomic mass is 10.0. The van der Waals surface area contributed by atoms with Gasteiger partial charge in [0.05, 0.1) is 6.20 Å². The predicted molar refractivity (Wildman–Crippen MR) is 98.2 cm³/mol. The quantitative estimate of drug-likeness (QED) is 0.449. The summed E-state index contributed by atoms with van der Waals surface area (Å²) < 4.78 is 10.5. The van der Waals surface area contributed by atoms with E-state index >= 15 is 0 Å². The van der Waals surface area contributed by atoms with Crippen LogP contribution in [0.3, 0.4) is 0 Å². The number of nitrogens with zero attached hydrogens (tertiary/aromatic N) is 3. The van der Waals surface area contributed by atoms with E-state index in [-0.39, 0.29) is 11.3 Å². The van der Waals surface area contributed by atoms with E-state index in [1.54, 1.807) is 29.7 Å². The fourth-order valence-corrected chi connectivity index (χ4v) is 5.89. The maximum absolute atomic E-state index is 12.7. The lowest BCUT2D eigenvalue weighted by Gasteiger charge is -2.48. The molecule has 2 aliphatic heterocycles. The first-order valence-corrected chi connectivity index (χ1v) is 13.6. The molecule has 3 heterocycles. The number of hydrogen-bond acceptors (Lipinski definition) is 9. The highest BCUT2D eigenvalue weighted by Gasteiger charge is 2.52. The smallest absolute Gasteiger partial charge is 0.341 e. The fourth-order valence-electron chi connectivity index (χ4n) is 2.39. The Balaban J connectivity index is 1.86. The molecule has 0 aliphatic carbocycles. The molecule has 0 saturated carbocycles. The zero-order chi connectivity index (χ0) is 17.5. The van der Waals surface area contributed by atoms with Gasteiger partial charge in [-0.3, -0.25) is 9.69 Å². The lowest BCUT2D eigenvalue weighted by molar-refractivity contribution is -0.147. The van der Waals surface area contributed by atoms with Crippen LogP contribution in [0.25, 0.3) is 0 Å². The van der Waals surface area contributed by atoms with Gasteiger partial charge in [0.25, 0.3) is 0 Å². The third-order valence-corrected chi connectivity index (χ3v) is 7.49. The van der Waals surface area contributed by atoms with Crippen LogP contribution in [0.2, 0.25) is 19.6 Å². The van der Waals surface area contributed by atoms with Crippen LogP contribution in [0, 0.1) is 0 Å². The maximum atomic E-state index is 12.7. The molecular weight excluding hydrogens is 384 g/mol. The van der Waals surface area contributed by atoms with Crippen molar-refractivity contribution >= 4 is 55.3 Å². The van der Waals surface area contributed by atoms with Gasteiger partial charge < -0.3 is 10.2 Å². The van der Waals surface area contributed by atoms with Crippen molar-refractivity contribution in [2.75, 3.05) is 11.5 Å². The number of amides is 1. The molecule has 24 heavy (non-hydrogen) atoms. The molecule has 11 heteroatoms. The molecule has 1 unspecified atom stereocenters. The van der Waals surface area contributed by atoms with Gasteiger partial charge >= 0.3 is 5.97 Å². The second-order valence-electron chi connectivity index (χ2n) is 6.41. The summed E-state index contributed by atoms with van der Waals surface area (Å²) in [5.74, 6) is 0.644. The predicted octanol–water partition coefficient (Wildman–Crippen LogP) is 1.50. The van der Waals surface area contributed by atoms with Gasteiger partial charge in [0, 0.05) is 11.5 Å². The molecule has 1 fully saturated rings. The van der Waals surface area contributed by atoms with Crippen molar-refractivity contribution in [3.63, 3.8) is 0 Å². The third kappa shape index (κ3) is 3.54. The van der Waals surface area contributed by atoms with E-state index in [0.717, 1.165) is 9.78 Å². The number of fused-ring (bicyclic) bond motifs is 1. The highest BCUT2D eigenvalue weighted by atomic mass is 32.2. The van der Waals surface area contributed by atoms with Crippen molar-refractivity contribution in [2.24, 2.45) is 5.73 Å². The van der Waals surface area contributed by atoms with E-state index in [4.69, 9.17) is 10.2 Å². The van der Waals surface area contributed by atoms with Gasteiger partial charge in [0.2, 0.25) is 14.2 Å². The van der Waals surface area contributed by atoms with Crippen LogP contribution in [0.5, 0.6) is 0 Å². The summed E-state index contributed by atoms with van der Waals surface area (Å²) in [5.41, 5.74) is 7.15. The van der Waals surface area contributed by atoms with Crippen molar-refractivity contribution in [1.82, 2.24) is 14.5 Å². The van der Waals surface area contributed by atoms with E-state index in [0.29, 0.717) is 17.2 Å². The summed E-state index contributed by atoms with van der Waals surface area (Å²) in [6.45, 7) is 5.84. The molecule has 130 valence electrons. The molecule has 1 amide bonds. The normalized spacial score (nSPS) is 23.8. The Kier molecular flexibility index (Phi) is 5.07. The molecule has 0 radical (unpaired) electrons. The summed E-state index contributed by atoms with van der Waals surface area (Å²) in [4.78, 5) is 26.4. The van der Waals surface area contributed by atoms with Crippen LogP contribution in [0.1, 0.15) is 0 Å². The topological polar surface area (TPSA) is 98.4 Å². The Bertz CT molecular complexity index is 689. The van der Waals surface area contributed by atoms with E-state index in [9.17, 15) is 9.59 Å². The Labute approximate surface area is 153 Å². The van der Waals surface area contributed by atoms with Crippen molar-refractivity contribution in [2.45, 2.75) is 35.3 Å². The Hall–Kier alpha value is -0.883. The fraction of sp³-hybridized carbons (Fsp3) is 0.538. The average molecular weight is 403 g/mol. The number of rotatable bonds is 5. The van der Waals surface area contributed by atoms with Crippen LogP contribution in [-0.4, -0.2) is 57.6 Å². The van der Waals surface area contributed by atoms with Crippen molar-refractivity contribution < 1.29 is 14.0 Å². The number of aromatic nitrogens is 2. The highest BCUT2D eigenvalue weighted by Crippen LogP contribution is 2.41. The van der Waals surface area contributed by atoms with E-state index in [1.807, 2.05) is 19.6 Å². The van der Waals surface area contributed by atoms with Crippen molar-refractivity contribution in [1.29, 1.82) is 0 Å². The van der Waals surface area contributed by atoms with Crippen LogP contribution in [0.4, 0.5) is 0 Å². The molecule has 0 bridgehead atoms. The summed E-state index contributed by atoms with van der Waals surface area (Å²) in [6, 6.07) is -0.537. The van der Waals surface area contributed by atoms with Crippen molar-refractivity contribution in [3.05, 3.63) is 17.5 Å². The zero-order valence-electron chi connectivity index (χ0n) is 13.5. The number of carbonyl (C=O) groups is 2. The largest absolute Gasteiger partial charge is 0.515 e. The second-order valence-corrected chi connectivity index (χ2v) is 14.0. The minimum absolute atomic E-state index is 0.166. The van der Waals surface area contributed by atoms with Gasteiger partial charge in [-0.2, -0.15) is 0 Å². The summed E-state index contributed by atoms with van der Waals surface area (Å²) in [5, 5.41) is 3.64. The SMILES string of the molecule is C[Si](C)(C)OC(=O)C1=C(CSc2cnns2)CS[C@H]2C(N)C(=O)N12. The van der Waals surface area contributed by atoms with Gasteiger partial charge in [-0.1, -0.05) is 4.49 Å². The van der Waals surface area contributed by atoms with Gasteiger partial charge in [0.1, 0.15) is 21.3 Å². The number of β-lactam (4-membered cyclic amide) rings is 1. The molecule has 2 aliphatic rings. The first-order chi connectivity index (χ1) is 11.3. The first-order valence-electron chi connectivity index (χ1n) is 7.34. The number of hydrogen-bond donors (Lipinski definition) is 1. The van der Waals surface area contributed by atoms with E-state index in [2.05, 4.69) is 9.59 Å². The number of carbonyl (C=O) groups excluding carboxylic acids is 2. The molecule has 7 nitrogen and oxygen atoms in total. The molecule has 1 aromatic rings. The van der Waals surface area contributed by atoms with Crippen LogP contribution in [-0.2, 0) is 14.0 Å². The molecule has 0 aromatic carbocycles. The lowest BCUT2D eigenvalue weighted by Crippen LogP contribution is -2.68. The summed E-state index contributed by atoms with van der Waals surface area (Å²) in [7, 11) is -2.06. The average Bonchev–Trinajstić information content (AvgIpc) is 3.02. The minimum Gasteiger partial charge on any atom is -0.515 e. The monoisotopic (exact) mass is 402 g/mol. The van der Waals surface area contributed by atoms with Gasteiger partial charge in [-0.05, 0) is 36.7 Å². The minimum atomic E-state index is -2.06. The van der Waals surface area contributed by atoms with Crippen LogP contribution < -0.4 is 5.73 Å². The number of thioether (sulfide) groups is 2. The molecule has 2 N–H and O–H groups in total. The standard InChI is InChI=1S/C13H18N4O3S3Si/c1-24(2,3)20-13(19)10-7(5-21-8-4-15-16-23-8)6-22-12-9(14)11(18)17(10)12/h4,9,12H,5-6,14H2,1-3H3/t9?,12-/m0/s1. The number of nitrogens with two attached hydrogens (primary N) is 1. The van der Waals surface area contributed by atoms with Crippen LogP contribution >= 0.6 is 35.1 Å². The molecule has 1 saturated heterocycles. The second kappa shape index (κ2) is 6.79. The Morgan fingerprint density at radius 1 is 1.54 bits per heavy atom. The van der Waals surface area contributed by atoms with E-state index < -0.39 is 20.3 Å². The van der Waals surface area contributed by atoms with E-state index in [1.165, 1.54) is 16.4 Å².